The van der Waals surface area contributed by atoms with Crippen LogP contribution in [0.15, 0.2) is 22.7 Å². The Morgan fingerprint density at radius 3 is 2.92 bits per heavy atom. The van der Waals surface area contributed by atoms with Gasteiger partial charge >= 0.3 is 0 Å². The lowest BCUT2D eigenvalue weighted by molar-refractivity contribution is 0.476. The molecule has 0 bridgehead atoms. The molecular formula is C8H6BrNOS. The second-order valence-corrected chi connectivity index (χ2v) is 4.34. The molecule has 4 heteroatoms. The number of nitrogen functional groups attached to an aromatic ring is 1. The van der Waals surface area contributed by atoms with E-state index >= 15 is 0 Å². The molecular weight excluding hydrogens is 238 g/mol. The minimum atomic E-state index is 0.274. The Morgan fingerprint density at radius 2 is 2.17 bits per heavy atom. The van der Waals surface area contributed by atoms with Crippen molar-refractivity contribution >= 4 is 42.4 Å². The smallest absolute Gasteiger partial charge is 0.117 e. The molecule has 0 amide bonds. The summed E-state index contributed by atoms with van der Waals surface area (Å²) in [6, 6.07) is 5.21. The molecule has 1 heterocycles. The summed E-state index contributed by atoms with van der Waals surface area (Å²) >= 11 is 4.84. The number of hydrogen-bond acceptors (Lipinski definition) is 3. The number of fused-ring (bicyclic) bond motifs is 1. The molecule has 0 aliphatic carbocycles. The van der Waals surface area contributed by atoms with E-state index < -0.39 is 0 Å². The Hall–Kier alpha value is -0.740. The fraction of sp³-hybridized carbons (Fsp3) is 0. The topological polar surface area (TPSA) is 46.2 Å². The molecule has 0 atom stereocenters. The monoisotopic (exact) mass is 243 g/mol. The predicted molar refractivity (Wildman–Crippen MR) is 55.6 cm³/mol. The maximum absolute atomic E-state index is 9.18. The predicted octanol–water partition coefficient (Wildman–Crippen LogP) is 2.95. The molecule has 1 aromatic carbocycles. The minimum absolute atomic E-state index is 0.274. The number of benzene rings is 1. The van der Waals surface area contributed by atoms with E-state index in [-0.39, 0.29) is 5.75 Å². The summed E-state index contributed by atoms with van der Waals surface area (Å²) in [5, 5.41) is 11.0. The highest BCUT2D eigenvalue weighted by molar-refractivity contribution is 9.10. The average molecular weight is 244 g/mol. The molecule has 1 aromatic heterocycles. The number of anilines is 1. The van der Waals surface area contributed by atoms with Crippen molar-refractivity contribution in [1.29, 1.82) is 0 Å². The molecule has 2 aromatic rings. The number of phenols is 1. The van der Waals surface area contributed by atoms with Crippen molar-refractivity contribution in [1.82, 2.24) is 0 Å². The summed E-state index contributed by atoms with van der Waals surface area (Å²) in [6.45, 7) is 0. The van der Waals surface area contributed by atoms with E-state index in [1.807, 2.05) is 6.07 Å². The molecule has 2 rings (SSSR count). The third-order valence-electron chi connectivity index (χ3n) is 1.64. The Balaban J connectivity index is 2.87. The Labute approximate surface area is 81.8 Å². The third kappa shape index (κ3) is 1.07. The van der Waals surface area contributed by atoms with Crippen molar-refractivity contribution in [3.8, 4) is 5.75 Å². The maximum Gasteiger partial charge on any atom is 0.117 e. The van der Waals surface area contributed by atoms with Crippen LogP contribution >= 0.6 is 27.3 Å². The molecule has 12 heavy (non-hydrogen) atoms. The van der Waals surface area contributed by atoms with Crippen LogP contribution in [-0.2, 0) is 0 Å². The van der Waals surface area contributed by atoms with E-state index in [9.17, 15) is 5.11 Å². The quantitative estimate of drug-likeness (QED) is 0.748. The normalized spacial score (nSPS) is 10.8. The summed E-state index contributed by atoms with van der Waals surface area (Å²) in [5.41, 5.74) is 5.69. The van der Waals surface area contributed by atoms with Gasteiger partial charge in [0, 0.05) is 10.1 Å². The molecule has 0 spiro atoms. The van der Waals surface area contributed by atoms with Crippen LogP contribution in [0.25, 0.3) is 10.1 Å². The van der Waals surface area contributed by atoms with Crippen LogP contribution in [0.4, 0.5) is 5.00 Å². The lowest BCUT2D eigenvalue weighted by Gasteiger charge is -1.91. The first kappa shape index (κ1) is 7.89. The lowest BCUT2D eigenvalue weighted by atomic mass is 10.2. The summed E-state index contributed by atoms with van der Waals surface area (Å²) in [5.74, 6) is 0.274. The van der Waals surface area contributed by atoms with E-state index in [0.29, 0.717) is 0 Å². The van der Waals surface area contributed by atoms with Gasteiger partial charge in [0.15, 0.2) is 0 Å². The highest BCUT2D eigenvalue weighted by Crippen LogP contribution is 2.38. The number of thiophene rings is 1. The molecule has 62 valence electrons. The molecule has 0 radical (unpaired) electrons. The molecule has 3 N–H and O–H groups in total. The van der Waals surface area contributed by atoms with Gasteiger partial charge in [0.2, 0.25) is 0 Å². The van der Waals surface area contributed by atoms with Gasteiger partial charge in [-0.2, -0.15) is 0 Å². The van der Waals surface area contributed by atoms with Gasteiger partial charge in [-0.25, -0.2) is 0 Å². The van der Waals surface area contributed by atoms with Crippen LogP contribution in [0.1, 0.15) is 0 Å². The number of halogens is 1. The third-order valence-corrected chi connectivity index (χ3v) is 3.74. The van der Waals surface area contributed by atoms with Crippen molar-refractivity contribution in [2.45, 2.75) is 0 Å². The van der Waals surface area contributed by atoms with Crippen LogP contribution in [-0.4, -0.2) is 5.11 Å². The maximum atomic E-state index is 9.18. The van der Waals surface area contributed by atoms with Crippen LogP contribution in [0.2, 0.25) is 0 Å². The van der Waals surface area contributed by atoms with Crippen LogP contribution in [0, 0.1) is 0 Å². The second kappa shape index (κ2) is 2.64. The number of aromatic hydroxyl groups is 1. The zero-order valence-electron chi connectivity index (χ0n) is 6.04. The van der Waals surface area contributed by atoms with Crippen molar-refractivity contribution in [3.05, 3.63) is 22.7 Å². The summed E-state index contributed by atoms with van der Waals surface area (Å²) in [4.78, 5) is 0. The largest absolute Gasteiger partial charge is 0.508 e. The molecule has 0 unspecified atom stereocenters. The molecule has 0 aliphatic heterocycles. The summed E-state index contributed by atoms with van der Waals surface area (Å²) in [7, 11) is 0. The fourth-order valence-corrected chi connectivity index (χ4v) is 2.69. The fourth-order valence-electron chi connectivity index (χ4n) is 1.07. The van der Waals surface area contributed by atoms with Gasteiger partial charge in [0.05, 0.1) is 4.47 Å². The number of phenolic OH excluding ortho intramolecular Hbond substituents is 1. The van der Waals surface area contributed by atoms with Crippen molar-refractivity contribution in [2.24, 2.45) is 0 Å². The number of rotatable bonds is 0. The number of hydrogen-bond donors (Lipinski definition) is 2. The van der Waals surface area contributed by atoms with E-state index in [0.717, 1.165) is 19.6 Å². The van der Waals surface area contributed by atoms with Gasteiger partial charge in [-0.15, -0.1) is 11.3 Å². The van der Waals surface area contributed by atoms with Gasteiger partial charge in [0.25, 0.3) is 0 Å². The van der Waals surface area contributed by atoms with Crippen molar-refractivity contribution in [2.75, 3.05) is 5.73 Å². The zero-order valence-corrected chi connectivity index (χ0v) is 8.45. The van der Waals surface area contributed by atoms with Crippen molar-refractivity contribution in [3.63, 3.8) is 0 Å². The Bertz CT molecular complexity index is 438. The summed E-state index contributed by atoms with van der Waals surface area (Å²) in [6.07, 6.45) is 0. The van der Waals surface area contributed by atoms with E-state index in [2.05, 4.69) is 15.9 Å². The molecule has 0 saturated heterocycles. The van der Waals surface area contributed by atoms with Crippen LogP contribution in [0.3, 0.4) is 0 Å². The SMILES string of the molecule is Nc1sc2cc(O)ccc2c1Br. The molecule has 0 aliphatic rings. The first-order chi connectivity index (χ1) is 5.68. The standard InChI is InChI=1S/C8H6BrNOS/c9-7-5-2-1-4(11)3-6(5)12-8(7)10/h1-3,11H,10H2. The van der Waals surface area contributed by atoms with Crippen molar-refractivity contribution < 1.29 is 5.11 Å². The molecule has 0 fully saturated rings. The Morgan fingerprint density at radius 1 is 1.42 bits per heavy atom. The highest BCUT2D eigenvalue weighted by atomic mass is 79.9. The van der Waals surface area contributed by atoms with Gasteiger partial charge in [0.1, 0.15) is 10.8 Å². The first-order valence-electron chi connectivity index (χ1n) is 3.35. The number of nitrogens with two attached hydrogens (primary N) is 1. The zero-order chi connectivity index (χ0) is 8.72. The molecule has 0 saturated carbocycles. The van der Waals surface area contributed by atoms with E-state index in [1.54, 1.807) is 12.1 Å². The minimum Gasteiger partial charge on any atom is -0.508 e. The Kier molecular flexibility index (Phi) is 1.73. The first-order valence-corrected chi connectivity index (χ1v) is 4.96. The van der Waals surface area contributed by atoms with Gasteiger partial charge < -0.3 is 10.8 Å². The lowest BCUT2D eigenvalue weighted by Crippen LogP contribution is -1.76. The second-order valence-electron chi connectivity index (χ2n) is 2.46. The molecule has 2 nitrogen and oxygen atoms in total. The van der Waals surface area contributed by atoms with E-state index in [4.69, 9.17) is 5.73 Å². The van der Waals surface area contributed by atoms with Crippen LogP contribution in [0.5, 0.6) is 5.75 Å². The van der Waals surface area contributed by atoms with Gasteiger partial charge in [-0.1, -0.05) is 0 Å². The van der Waals surface area contributed by atoms with E-state index in [1.165, 1.54) is 11.3 Å². The van der Waals surface area contributed by atoms with Gasteiger partial charge in [-0.05, 0) is 34.1 Å². The van der Waals surface area contributed by atoms with Gasteiger partial charge in [-0.3, -0.25) is 0 Å². The summed E-state index contributed by atoms with van der Waals surface area (Å²) < 4.78 is 1.92. The average Bonchev–Trinajstić information content (AvgIpc) is 2.28. The highest BCUT2D eigenvalue weighted by Gasteiger charge is 2.06. The van der Waals surface area contributed by atoms with Crippen LogP contribution < -0.4 is 5.73 Å².